The molecule has 9 nitrogen and oxygen atoms in total. The maximum absolute atomic E-state index is 12.7. The Morgan fingerprint density at radius 2 is 1.51 bits per heavy atom. The van der Waals surface area contributed by atoms with E-state index in [1.165, 1.54) is 34.9 Å². The number of nitrogens with zero attached hydrogens (tertiary/aromatic N) is 1. The molecular weight excluding hydrogens is 468 g/mol. The first-order chi connectivity index (χ1) is 16.8. The predicted octanol–water partition coefficient (Wildman–Crippen LogP) is 2.09. The number of nitrogens with one attached hydrogen (secondary N) is 3. The van der Waals surface area contributed by atoms with Gasteiger partial charge in [0.1, 0.15) is 0 Å². The van der Waals surface area contributed by atoms with E-state index in [2.05, 4.69) is 15.6 Å². The first-order valence-electron chi connectivity index (χ1n) is 10.6. The second-order valence-electron chi connectivity index (χ2n) is 7.72. The lowest BCUT2D eigenvalue weighted by Gasteiger charge is -2.12. The summed E-state index contributed by atoms with van der Waals surface area (Å²) in [6, 6.07) is 22.5. The minimum Gasteiger partial charge on any atom is -0.311 e. The van der Waals surface area contributed by atoms with Gasteiger partial charge in [0.15, 0.2) is 0 Å². The zero-order valence-electron chi connectivity index (χ0n) is 18.7. The van der Waals surface area contributed by atoms with Crippen LogP contribution in [0.2, 0.25) is 0 Å². The highest BCUT2D eigenvalue weighted by molar-refractivity contribution is 7.89. The summed E-state index contributed by atoms with van der Waals surface area (Å²) < 4.78 is 29.3. The third kappa shape index (κ3) is 5.29. The van der Waals surface area contributed by atoms with Crippen LogP contribution in [0.4, 0.5) is 0 Å². The number of amides is 2. The standard InChI is InChI=1S/C25H22N4O5S/c1-29-22-13-6-5-12-20(22)21(15-23(29)30)25(32)28-27-24(31)18-10-7-11-19(14-18)35(33,34)26-16-17-8-3-2-4-9-17/h2-15,26H,16H2,1H3,(H,27,31)(H,28,32). The highest BCUT2D eigenvalue weighted by atomic mass is 32.2. The summed E-state index contributed by atoms with van der Waals surface area (Å²) in [5.74, 6) is -1.40. The number of hydrogen-bond donors (Lipinski definition) is 3. The van der Waals surface area contributed by atoms with Crippen molar-refractivity contribution in [3.63, 3.8) is 0 Å². The number of fused-ring (bicyclic) bond motifs is 1. The number of aryl methyl sites for hydroxylation is 1. The van der Waals surface area contributed by atoms with Gasteiger partial charge in [-0.1, -0.05) is 54.6 Å². The minimum absolute atomic E-state index is 0.0294. The van der Waals surface area contributed by atoms with E-state index < -0.39 is 21.8 Å². The van der Waals surface area contributed by atoms with E-state index in [-0.39, 0.29) is 28.1 Å². The summed E-state index contributed by atoms with van der Waals surface area (Å²) in [5.41, 5.74) is 5.67. The second-order valence-corrected chi connectivity index (χ2v) is 9.49. The Balaban J connectivity index is 1.47. The third-order valence-electron chi connectivity index (χ3n) is 5.40. The fourth-order valence-electron chi connectivity index (χ4n) is 3.51. The normalized spacial score (nSPS) is 11.2. The largest absolute Gasteiger partial charge is 0.311 e. The van der Waals surface area contributed by atoms with E-state index in [1.54, 1.807) is 55.6 Å². The van der Waals surface area contributed by atoms with Crippen molar-refractivity contribution in [3.05, 3.63) is 112 Å². The number of benzene rings is 3. The van der Waals surface area contributed by atoms with Gasteiger partial charge in [0.2, 0.25) is 10.0 Å². The maximum Gasteiger partial charge on any atom is 0.270 e. The molecule has 35 heavy (non-hydrogen) atoms. The molecule has 178 valence electrons. The molecule has 0 aliphatic carbocycles. The van der Waals surface area contributed by atoms with Crippen LogP contribution >= 0.6 is 0 Å². The monoisotopic (exact) mass is 490 g/mol. The molecule has 0 aliphatic heterocycles. The summed E-state index contributed by atoms with van der Waals surface area (Å²) in [6.45, 7) is 0.0974. The van der Waals surface area contributed by atoms with Gasteiger partial charge in [-0.05, 0) is 29.8 Å². The Hall–Kier alpha value is -4.28. The highest BCUT2D eigenvalue weighted by Gasteiger charge is 2.18. The number of para-hydroxylation sites is 1. The molecule has 2 amide bonds. The van der Waals surface area contributed by atoms with Gasteiger partial charge < -0.3 is 4.57 Å². The SMILES string of the molecule is Cn1c(=O)cc(C(=O)NNC(=O)c2cccc(S(=O)(=O)NCc3ccccc3)c2)c2ccccc21. The molecule has 3 aromatic carbocycles. The van der Waals surface area contributed by atoms with Gasteiger partial charge in [0.25, 0.3) is 17.4 Å². The molecular formula is C25H22N4O5S. The first-order valence-corrected chi connectivity index (χ1v) is 12.1. The summed E-state index contributed by atoms with van der Waals surface area (Å²) in [4.78, 5) is 37.5. The van der Waals surface area contributed by atoms with Crippen molar-refractivity contribution in [2.45, 2.75) is 11.4 Å². The minimum atomic E-state index is -3.88. The lowest BCUT2D eigenvalue weighted by molar-refractivity contribution is 0.0847. The number of hydrogen-bond acceptors (Lipinski definition) is 5. The van der Waals surface area contributed by atoms with Crippen molar-refractivity contribution in [1.82, 2.24) is 20.1 Å². The zero-order valence-corrected chi connectivity index (χ0v) is 19.5. The lowest BCUT2D eigenvalue weighted by atomic mass is 10.1. The number of pyridine rings is 1. The Labute approximate surface area is 201 Å². The van der Waals surface area contributed by atoms with E-state index in [4.69, 9.17) is 0 Å². The molecule has 0 fully saturated rings. The Kier molecular flexibility index (Phi) is 6.76. The molecule has 0 saturated heterocycles. The average molecular weight is 491 g/mol. The Morgan fingerprint density at radius 3 is 2.29 bits per heavy atom. The number of carbonyl (C=O) groups is 2. The smallest absolute Gasteiger partial charge is 0.270 e. The van der Waals surface area contributed by atoms with Crippen LogP contribution in [0.3, 0.4) is 0 Å². The summed E-state index contributed by atoms with van der Waals surface area (Å²) in [5, 5.41) is 0.541. The van der Waals surface area contributed by atoms with Gasteiger partial charge in [0.05, 0.1) is 16.0 Å². The maximum atomic E-state index is 12.7. The predicted molar refractivity (Wildman–Crippen MR) is 131 cm³/mol. The molecule has 0 spiro atoms. The summed E-state index contributed by atoms with van der Waals surface area (Å²) in [7, 11) is -2.28. The van der Waals surface area contributed by atoms with E-state index in [0.29, 0.717) is 10.9 Å². The van der Waals surface area contributed by atoms with Crippen molar-refractivity contribution < 1.29 is 18.0 Å². The van der Waals surface area contributed by atoms with Crippen molar-refractivity contribution in [3.8, 4) is 0 Å². The molecule has 3 N–H and O–H groups in total. The Bertz CT molecular complexity index is 1580. The quantitative estimate of drug-likeness (QED) is 0.357. The number of aromatic nitrogens is 1. The van der Waals surface area contributed by atoms with Gasteiger partial charge in [0, 0.05) is 30.6 Å². The van der Waals surface area contributed by atoms with Crippen molar-refractivity contribution in [2.24, 2.45) is 7.05 Å². The molecule has 0 bridgehead atoms. The molecule has 0 saturated carbocycles. The molecule has 4 aromatic rings. The van der Waals surface area contributed by atoms with Crippen LogP contribution < -0.4 is 21.1 Å². The Morgan fingerprint density at radius 1 is 0.829 bits per heavy atom. The summed E-state index contributed by atoms with van der Waals surface area (Å²) in [6.07, 6.45) is 0. The van der Waals surface area contributed by atoms with Crippen molar-refractivity contribution >= 4 is 32.7 Å². The second kappa shape index (κ2) is 9.92. The third-order valence-corrected chi connectivity index (χ3v) is 6.80. The van der Waals surface area contributed by atoms with E-state index in [0.717, 1.165) is 5.56 Å². The average Bonchev–Trinajstić information content (AvgIpc) is 2.88. The van der Waals surface area contributed by atoms with Crippen LogP contribution in [-0.4, -0.2) is 24.8 Å². The van der Waals surface area contributed by atoms with Crippen LogP contribution in [-0.2, 0) is 23.6 Å². The first kappa shape index (κ1) is 23.9. The summed E-state index contributed by atoms with van der Waals surface area (Å²) >= 11 is 0. The fourth-order valence-corrected chi connectivity index (χ4v) is 4.58. The molecule has 10 heteroatoms. The number of sulfonamides is 1. The van der Waals surface area contributed by atoms with Gasteiger partial charge in [-0.2, -0.15) is 0 Å². The molecule has 0 radical (unpaired) electrons. The molecule has 4 rings (SSSR count). The van der Waals surface area contributed by atoms with E-state index in [1.807, 2.05) is 6.07 Å². The van der Waals surface area contributed by atoms with Crippen LogP contribution in [0.5, 0.6) is 0 Å². The van der Waals surface area contributed by atoms with Gasteiger partial charge in [-0.15, -0.1) is 0 Å². The molecule has 1 heterocycles. The molecule has 0 aliphatic rings. The van der Waals surface area contributed by atoms with Crippen LogP contribution in [0.25, 0.3) is 10.9 Å². The van der Waals surface area contributed by atoms with Crippen LogP contribution in [0, 0.1) is 0 Å². The topological polar surface area (TPSA) is 126 Å². The number of carbonyl (C=O) groups excluding carboxylic acids is 2. The number of rotatable bonds is 6. The molecule has 1 aromatic heterocycles. The highest BCUT2D eigenvalue weighted by Crippen LogP contribution is 2.16. The van der Waals surface area contributed by atoms with Crippen LogP contribution in [0.15, 0.2) is 94.6 Å². The van der Waals surface area contributed by atoms with Gasteiger partial charge in [-0.3, -0.25) is 25.2 Å². The molecule has 0 unspecified atom stereocenters. The van der Waals surface area contributed by atoms with E-state index in [9.17, 15) is 22.8 Å². The van der Waals surface area contributed by atoms with Gasteiger partial charge in [-0.25, -0.2) is 13.1 Å². The van der Waals surface area contributed by atoms with Gasteiger partial charge >= 0.3 is 0 Å². The van der Waals surface area contributed by atoms with Crippen LogP contribution in [0.1, 0.15) is 26.3 Å². The van der Waals surface area contributed by atoms with E-state index >= 15 is 0 Å². The lowest BCUT2D eigenvalue weighted by Crippen LogP contribution is -2.42. The number of hydrazine groups is 1. The van der Waals surface area contributed by atoms with Crippen molar-refractivity contribution in [1.29, 1.82) is 0 Å². The zero-order chi connectivity index (χ0) is 25.0. The van der Waals surface area contributed by atoms with Crippen molar-refractivity contribution in [2.75, 3.05) is 0 Å². The fraction of sp³-hybridized carbons (Fsp3) is 0.0800. The molecule has 0 atom stereocenters.